The summed E-state index contributed by atoms with van der Waals surface area (Å²) < 4.78 is 6.85. The summed E-state index contributed by atoms with van der Waals surface area (Å²) in [5, 5.41) is 6.44. The molecule has 1 fully saturated rings. The van der Waals surface area contributed by atoms with E-state index < -0.39 is 0 Å². The highest BCUT2D eigenvalue weighted by atomic mass is 32.1. The highest BCUT2D eigenvalue weighted by molar-refractivity contribution is 7.17. The summed E-state index contributed by atoms with van der Waals surface area (Å²) in [6.45, 7) is 5.45. The van der Waals surface area contributed by atoms with Crippen LogP contribution >= 0.6 is 11.3 Å². The lowest BCUT2D eigenvalue weighted by Crippen LogP contribution is -2.51. The number of carbonyl (C=O) groups excluding carboxylic acids is 1. The molecular weight excluding hydrogens is 408 g/mol. The van der Waals surface area contributed by atoms with E-state index >= 15 is 0 Å². The molecular formula is C24H24N4O2S. The molecule has 5 rings (SSSR count). The van der Waals surface area contributed by atoms with E-state index in [1.54, 1.807) is 17.5 Å². The molecule has 31 heavy (non-hydrogen) atoms. The minimum Gasteiger partial charge on any atom is -0.441 e. The van der Waals surface area contributed by atoms with Crippen molar-refractivity contribution in [2.45, 2.75) is 13.5 Å². The highest BCUT2D eigenvalue weighted by Crippen LogP contribution is 2.26. The number of nitrogens with zero attached hydrogens (tertiary/aromatic N) is 3. The van der Waals surface area contributed by atoms with Crippen molar-refractivity contribution in [3.8, 4) is 11.3 Å². The Kier molecular flexibility index (Phi) is 5.34. The summed E-state index contributed by atoms with van der Waals surface area (Å²) in [5.74, 6) is 1.45. The second-order valence-corrected chi connectivity index (χ2v) is 8.59. The maximum Gasteiger partial charge on any atom is 0.317 e. The zero-order valence-electron chi connectivity index (χ0n) is 17.4. The normalized spacial score (nSPS) is 14.2. The van der Waals surface area contributed by atoms with Crippen LogP contribution in [-0.2, 0) is 6.54 Å². The second-order valence-electron chi connectivity index (χ2n) is 7.68. The van der Waals surface area contributed by atoms with Crippen LogP contribution < -0.4 is 10.2 Å². The first-order valence-electron chi connectivity index (χ1n) is 10.4. The molecule has 0 spiro atoms. The number of fused-ring (bicyclic) bond motifs is 1. The molecule has 158 valence electrons. The van der Waals surface area contributed by atoms with Gasteiger partial charge in [0.2, 0.25) is 0 Å². The Hall–Kier alpha value is -3.32. The van der Waals surface area contributed by atoms with Crippen LogP contribution in [0, 0.1) is 6.92 Å². The Bertz CT molecular complexity index is 1190. The molecule has 2 aromatic heterocycles. The summed E-state index contributed by atoms with van der Waals surface area (Å²) in [4.78, 5) is 21.0. The molecule has 6 nitrogen and oxygen atoms in total. The second kappa shape index (κ2) is 8.43. The van der Waals surface area contributed by atoms with Gasteiger partial charge in [-0.1, -0.05) is 18.2 Å². The average Bonchev–Trinajstić information content (AvgIpc) is 3.44. The molecule has 2 amide bonds. The molecule has 0 unspecified atom stereocenters. The number of rotatable bonds is 4. The number of piperazine rings is 1. The lowest BCUT2D eigenvalue weighted by Gasteiger charge is -2.36. The van der Waals surface area contributed by atoms with Crippen LogP contribution in [0.2, 0.25) is 0 Å². The van der Waals surface area contributed by atoms with Crippen LogP contribution in [0.4, 0.5) is 10.5 Å². The molecule has 1 aliphatic rings. The number of urea groups is 1. The van der Waals surface area contributed by atoms with Gasteiger partial charge in [-0.2, -0.15) is 0 Å². The Morgan fingerprint density at radius 2 is 1.87 bits per heavy atom. The third-order valence-corrected chi connectivity index (χ3v) is 6.71. The topological polar surface area (TPSA) is 61.6 Å². The number of carbonyl (C=O) groups is 1. The minimum absolute atomic E-state index is 0.00553. The van der Waals surface area contributed by atoms with E-state index in [0.717, 1.165) is 30.1 Å². The fourth-order valence-electron chi connectivity index (χ4n) is 3.95. The quantitative estimate of drug-likeness (QED) is 0.498. The number of aryl methyl sites for hydroxylation is 1. The smallest absolute Gasteiger partial charge is 0.317 e. The average molecular weight is 433 g/mol. The van der Waals surface area contributed by atoms with Gasteiger partial charge in [-0.25, -0.2) is 9.78 Å². The van der Waals surface area contributed by atoms with Crippen molar-refractivity contribution in [3.63, 3.8) is 0 Å². The summed E-state index contributed by atoms with van der Waals surface area (Å²) in [5.41, 5.74) is 3.35. The number of hydrogen-bond acceptors (Lipinski definition) is 5. The van der Waals surface area contributed by atoms with E-state index in [2.05, 4.69) is 57.0 Å². The summed E-state index contributed by atoms with van der Waals surface area (Å²) in [6, 6.07) is 16.6. The zero-order valence-corrected chi connectivity index (χ0v) is 18.2. The van der Waals surface area contributed by atoms with Crippen LogP contribution in [0.3, 0.4) is 0 Å². The van der Waals surface area contributed by atoms with Gasteiger partial charge in [0.1, 0.15) is 0 Å². The summed E-state index contributed by atoms with van der Waals surface area (Å²) in [7, 11) is 0. The summed E-state index contributed by atoms with van der Waals surface area (Å²) >= 11 is 1.72. The Balaban J connectivity index is 1.15. The minimum atomic E-state index is 0.00553. The van der Waals surface area contributed by atoms with Gasteiger partial charge >= 0.3 is 6.03 Å². The third-order valence-electron chi connectivity index (χ3n) is 5.70. The summed E-state index contributed by atoms with van der Waals surface area (Å²) in [6.07, 6.45) is 1.75. The number of anilines is 1. The standard InChI is InChI=1S/C24H24N4O2S/c1-17-25-15-22(30-17)18-6-8-20(9-7-18)27-10-12-28(13-11-27)24(29)26-14-19-16-31-23-5-3-2-4-21(19)23/h2-9,15-16H,10-14H2,1H3,(H,26,29). The first-order chi connectivity index (χ1) is 15.2. The van der Waals surface area contributed by atoms with Gasteiger partial charge in [-0.3, -0.25) is 0 Å². The Labute approximate surface area is 185 Å². The first kappa shape index (κ1) is 19.6. The van der Waals surface area contributed by atoms with Crippen molar-refractivity contribution in [2.75, 3.05) is 31.1 Å². The van der Waals surface area contributed by atoms with Gasteiger partial charge in [0, 0.05) is 55.6 Å². The monoisotopic (exact) mass is 432 g/mol. The Morgan fingerprint density at radius 3 is 2.61 bits per heavy atom. The van der Waals surface area contributed by atoms with E-state index in [-0.39, 0.29) is 6.03 Å². The SMILES string of the molecule is Cc1ncc(-c2ccc(N3CCN(C(=O)NCc4csc5ccccc45)CC3)cc2)o1. The molecule has 0 bridgehead atoms. The van der Waals surface area contributed by atoms with Crippen molar-refractivity contribution >= 4 is 33.1 Å². The molecule has 1 N–H and O–H groups in total. The van der Waals surface area contributed by atoms with Crippen molar-refractivity contribution in [3.05, 3.63) is 71.6 Å². The van der Waals surface area contributed by atoms with E-state index in [4.69, 9.17) is 4.42 Å². The lowest BCUT2D eigenvalue weighted by atomic mass is 10.1. The van der Waals surface area contributed by atoms with Gasteiger partial charge in [0.25, 0.3) is 0 Å². The lowest BCUT2D eigenvalue weighted by molar-refractivity contribution is 0.194. The van der Waals surface area contributed by atoms with E-state index in [1.165, 1.54) is 15.6 Å². The van der Waals surface area contributed by atoms with Crippen LogP contribution in [0.5, 0.6) is 0 Å². The number of oxazole rings is 1. The number of benzene rings is 2. The van der Waals surface area contributed by atoms with Gasteiger partial charge < -0.3 is 19.5 Å². The van der Waals surface area contributed by atoms with Crippen LogP contribution in [0.1, 0.15) is 11.5 Å². The Morgan fingerprint density at radius 1 is 1.10 bits per heavy atom. The van der Waals surface area contributed by atoms with Crippen molar-refractivity contribution < 1.29 is 9.21 Å². The molecule has 2 aromatic carbocycles. The number of hydrogen-bond donors (Lipinski definition) is 1. The molecule has 0 aliphatic carbocycles. The van der Waals surface area contributed by atoms with Gasteiger partial charge in [-0.15, -0.1) is 11.3 Å². The van der Waals surface area contributed by atoms with Crippen molar-refractivity contribution in [1.82, 2.24) is 15.2 Å². The fourth-order valence-corrected chi connectivity index (χ4v) is 4.91. The van der Waals surface area contributed by atoms with Crippen LogP contribution in [-0.4, -0.2) is 42.1 Å². The van der Waals surface area contributed by atoms with Crippen LogP contribution in [0.15, 0.2) is 64.5 Å². The van der Waals surface area contributed by atoms with Crippen molar-refractivity contribution in [1.29, 1.82) is 0 Å². The van der Waals surface area contributed by atoms with Gasteiger partial charge in [-0.05, 0) is 46.7 Å². The molecule has 7 heteroatoms. The zero-order chi connectivity index (χ0) is 21.2. The van der Waals surface area contributed by atoms with E-state index in [1.807, 2.05) is 24.0 Å². The molecule has 1 aliphatic heterocycles. The predicted molar refractivity (Wildman–Crippen MR) is 125 cm³/mol. The maximum atomic E-state index is 12.7. The molecule has 4 aromatic rings. The van der Waals surface area contributed by atoms with Gasteiger partial charge in [0.05, 0.1) is 6.20 Å². The van der Waals surface area contributed by atoms with E-state index in [0.29, 0.717) is 25.5 Å². The number of thiophene rings is 1. The molecule has 0 atom stereocenters. The molecule has 0 radical (unpaired) electrons. The van der Waals surface area contributed by atoms with Gasteiger partial charge in [0.15, 0.2) is 11.7 Å². The fraction of sp³-hybridized carbons (Fsp3) is 0.250. The molecule has 1 saturated heterocycles. The van der Waals surface area contributed by atoms with Crippen molar-refractivity contribution in [2.24, 2.45) is 0 Å². The van der Waals surface area contributed by atoms with E-state index in [9.17, 15) is 4.79 Å². The highest BCUT2D eigenvalue weighted by Gasteiger charge is 2.21. The predicted octanol–water partition coefficient (Wildman–Crippen LogP) is 4.90. The maximum absolute atomic E-state index is 12.7. The largest absolute Gasteiger partial charge is 0.441 e. The van der Waals surface area contributed by atoms with Crippen LogP contribution in [0.25, 0.3) is 21.4 Å². The molecule has 3 heterocycles. The third kappa shape index (κ3) is 4.14. The number of aromatic nitrogens is 1. The number of nitrogens with one attached hydrogen (secondary N) is 1. The molecule has 0 saturated carbocycles. The number of amides is 2. The first-order valence-corrected chi connectivity index (χ1v) is 11.3.